The van der Waals surface area contributed by atoms with E-state index in [2.05, 4.69) is 34.2 Å². The Bertz CT molecular complexity index is 888. The first kappa shape index (κ1) is 18.9. The van der Waals surface area contributed by atoms with E-state index in [-0.39, 0.29) is 0 Å². The molecule has 0 aliphatic heterocycles. The molecule has 0 radical (unpaired) electrons. The van der Waals surface area contributed by atoms with E-state index in [4.69, 9.17) is 21.1 Å². The van der Waals surface area contributed by atoms with Crippen LogP contribution in [0.2, 0.25) is 30.8 Å². The smallest absolute Gasteiger partial charge is 0.147 e. The molecule has 7 heteroatoms. The molecular weight excluding hydrogens is 366 g/mol. The van der Waals surface area contributed by atoms with Gasteiger partial charge >= 0.3 is 0 Å². The number of aromatic nitrogens is 3. The SMILES string of the molecule is COc1ccc(-c2cc3c(Cl)ncnc3n2COCC[Si](C)(C)C)cc1. The van der Waals surface area contributed by atoms with E-state index in [1.54, 1.807) is 7.11 Å². The maximum Gasteiger partial charge on any atom is 0.147 e. The highest BCUT2D eigenvalue weighted by atomic mass is 35.5. The Balaban J connectivity index is 1.94. The fourth-order valence-electron chi connectivity index (χ4n) is 2.70. The van der Waals surface area contributed by atoms with Crippen LogP contribution in [0.1, 0.15) is 0 Å². The Hall–Kier alpha value is -1.89. The zero-order valence-corrected chi connectivity index (χ0v) is 17.4. The van der Waals surface area contributed by atoms with Crippen LogP contribution >= 0.6 is 11.6 Å². The first-order valence-corrected chi connectivity index (χ1v) is 12.7. The van der Waals surface area contributed by atoms with Crippen LogP contribution in [0.15, 0.2) is 36.7 Å². The number of methoxy groups -OCH3 is 1. The van der Waals surface area contributed by atoms with E-state index in [1.165, 1.54) is 6.33 Å². The minimum absolute atomic E-state index is 0.433. The molecule has 0 fully saturated rings. The zero-order valence-electron chi connectivity index (χ0n) is 15.6. The molecule has 0 bridgehead atoms. The van der Waals surface area contributed by atoms with E-state index >= 15 is 0 Å². The lowest BCUT2D eigenvalue weighted by molar-refractivity contribution is 0.0909. The standard InChI is InChI=1S/C19H24ClN3O2Si/c1-24-15-7-5-14(6-8-15)17-11-16-18(20)21-12-22-19(16)23(17)13-25-9-10-26(2,3)4/h5-8,11-12H,9-10,13H2,1-4H3. The Kier molecular flexibility index (Phi) is 5.65. The van der Waals surface area contributed by atoms with Crippen LogP contribution < -0.4 is 4.74 Å². The van der Waals surface area contributed by atoms with Crippen molar-refractivity contribution in [3.63, 3.8) is 0 Å². The fraction of sp³-hybridized carbons (Fsp3) is 0.368. The summed E-state index contributed by atoms with van der Waals surface area (Å²) in [6.45, 7) is 8.21. The maximum absolute atomic E-state index is 6.28. The van der Waals surface area contributed by atoms with Crippen LogP contribution in [0.5, 0.6) is 5.75 Å². The minimum Gasteiger partial charge on any atom is -0.497 e. The van der Waals surface area contributed by atoms with Crippen molar-refractivity contribution >= 4 is 30.7 Å². The summed E-state index contributed by atoms with van der Waals surface area (Å²) in [7, 11) is 0.536. The van der Waals surface area contributed by atoms with Crippen molar-refractivity contribution in [2.45, 2.75) is 32.4 Å². The van der Waals surface area contributed by atoms with Gasteiger partial charge in [0.15, 0.2) is 0 Å². The van der Waals surface area contributed by atoms with Gasteiger partial charge in [0, 0.05) is 14.7 Å². The first-order chi connectivity index (χ1) is 12.4. The Morgan fingerprint density at radius 2 is 1.85 bits per heavy atom. The van der Waals surface area contributed by atoms with Crippen molar-refractivity contribution in [2.24, 2.45) is 0 Å². The Morgan fingerprint density at radius 3 is 2.50 bits per heavy atom. The third-order valence-electron chi connectivity index (χ3n) is 4.24. The topological polar surface area (TPSA) is 49.2 Å². The van der Waals surface area contributed by atoms with Gasteiger partial charge < -0.3 is 14.0 Å². The number of ether oxygens (including phenoxy) is 2. The number of rotatable bonds is 7. The molecule has 3 rings (SSSR count). The third kappa shape index (κ3) is 4.26. The van der Waals surface area contributed by atoms with Gasteiger partial charge in [0.2, 0.25) is 0 Å². The van der Waals surface area contributed by atoms with Gasteiger partial charge in [-0.25, -0.2) is 9.97 Å². The molecule has 2 aromatic heterocycles. The second-order valence-corrected chi connectivity index (χ2v) is 13.4. The van der Waals surface area contributed by atoms with Gasteiger partial charge in [0.25, 0.3) is 0 Å². The highest BCUT2D eigenvalue weighted by Crippen LogP contribution is 2.31. The van der Waals surface area contributed by atoms with Gasteiger partial charge in [-0.3, -0.25) is 0 Å². The summed E-state index contributed by atoms with van der Waals surface area (Å²) in [4.78, 5) is 8.52. The minimum atomic E-state index is -1.12. The van der Waals surface area contributed by atoms with Crippen LogP contribution in [-0.4, -0.2) is 36.3 Å². The average Bonchev–Trinajstić information content (AvgIpc) is 2.98. The van der Waals surface area contributed by atoms with Gasteiger partial charge in [-0.05, 0) is 41.9 Å². The lowest BCUT2D eigenvalue weighted by Crippen LogP contribution is -2.22. The van der Waals surface area contributed by atoms with Crippen molar-refractivity contribution in [2.75, 3.05) is 13.7 Å². The number of fused-ring (bicyclic) bond motifs is 1. The number of hydrogen-bond acceptors (Lipinski definition) is 4. The summed E-state index contributed by atoms with van der Waals surface area (Å²) >= 11 is 6.28. The second kappa shape index (κ2) is 7.78. The van der Waals surface area contributed by atoms with Crippen LogP contribution in [0, 0.1) is 0 Å². The molecule has 3 aromatic rings. The van der Waals surface area contributed by atoms with Crippen molar-refractivity contribution < 1.29 is 9.47 Å². The molecule has 138 valence electrons. The van der Waals surface area contributed by atoms with Crippen LogP contribution in [-0.2, 0) is 11.5 Å². The molecule has 26 heavy (non-hydrogen) atoms. The normalized spacial score (nSPS) is 11.9. The maximum atomic E-state index is 6.28. The van der Waals surface area contributed by atoms with Gasteiger partial charge in [-0.1, -0.05) is 31.2 Å². The Morgan fingerprint density at radius 1 is 1.12 bits per heavy atom. The monoisotopic (exact) mass is 389 g/mol. The van der Waals surface area contributed by atoms with Crippen molar-refractivity contribution in [3.05, 3.63) is 41.8 Å². The number of halogens is 1. The molecule has 0 spiro atoms. The molecule has 0 atom stereocenters. The number of hydrogen-bond donors (Lipinski definition) is 0. The highest BCUT2D eigenvalue weighted by Gasteiger charge is 2.16. The average molecular weight is 390 g/mol. The van der Waals surface area contributed by atoms with Crippen molar-refractivity contribution in [3.8, 4) is 17.0 Å². The summed E-state index contributed by atoms with van der Waals surface area (Å²) in [6, 6.07) is 11.1. The molecule has 0 amide bonds. The lowest BCUT2D eigenvalue weighted by Gasteiger charge is -2.16. The van der Waals surface area contributed by atoms with Gasteiger partial charge in [0.1, 0.15) is 29.6 Å². The van der Waals surface area contributed by atoms with E-state index in [9.17, 15) is 0 Å². The molecule has 5 nitrogen and oxygen atoms in total. The first-order valence-electron chi connectivity index (χ1n) is 8.61. The molecule has 0 saturated carbocycles. The molecule has 0 saturated heterocycles. The van der Waals surface area contributed by atoms with E-state index < -0.39 is 8.07 Å². The van der Waals surface area contributed by atoms with E-state index in [0.717, 1.165) is 40.7 Å². The van der Waals surface area contributed by atoms with Crippen LogP contribution in [0.25, 0.3) is 22.3 Å². The van der Waals surface area contributed by atoms with Gasteiger partial charge in [0.05, 0.1) is 18.2 Å². The molecule has 0 unspecified atom stereocenters. The number of nitrogens with zero attached hydrogens (tertiary/aromatic N) is 3. The Labute approximate surface area is 159 Å². The second-order valence-electron chi connectivity index (χ2n) is 7.44. The molecule has 0 N–H and O–H groups in total. The van der Waals surface area contributed by atoms with Gasteiger partial charge in [-0.15, -0.1) is 0 Å². The quantitative estimate of drug-likeness (QED) is 0.321. The van der Waals surface area contributed by atoms with E-state index in [0.29, 0.717) is 11.9 Å². The largest absolute Gasteiger partial charge is 0.497 e. The van der Waals surface area contributed by atoms with Gasteiger partial charge in [-0.2, -0.15) is 0 Å². The molecular formula is C19H24ClN3O2Si. The zero-order chi connectivity index (χ0) is 18.7. The summed E-state index contributed by atoms with van der Waals surface area (Å²) in [5.74, 6) is 0.820. The summed E-state index contributed by atoms with van der Waals surface area (Å²) in [5.41, 5.74) is 2.83. The predicted octanol–water partition coefficient (Wildman–Crippen LogP) is 5.07. The molecule has 0 aliphatic rings. The highest BCUT2D eigenvalue weighted by molar-refractivity contribution is 6.76. The van der Waals surface area contributed by atoms with Crippen LogP contribution in [0.4, 0.5) is 0 Å². The summed E-state index contributed by atoms with van der Waals surface area (Å²) < 4.78 is 13.3. The fourth-order valence-corrected chi connectivity index (χ4v) is 3.64. The molecule has 2 heterocycles. The summed E-state index contributed by atoms with van der Waals surface area (Å²) in [6.07, 6.45) is 1.49. The van der Waals surface area contributed by atoms with E-state index in [1.807, 2.05) is 30.3 Å². The molecule has 1 aromatic carbocycles. The van der Waals surface area contributed by atoms with Crippen LogP contribution in [0.3, 0.4) is 0 Å². The number of benzene rings is 1. The summed E-state index contributed by atoms with van der Waals surface area (Å²) in [5, 5.41) is 1.28. The predicted molar refractivity (Wildman–Crippen MR) is 109 cm³/mol. The molecule has 0 aliphatic carbocycles. The third-order valence-corrected chi connectivity index (χ3v) is 6.25. The van der Waals surface area contributed by atoms with Crippen molar-refractivity contribution in [1.29, 1.82) is 0 Å². The van der Waals surface area contributed by atoms with Crippen molar-refractivity contribution in [1.82, 2.24) is 14.5 Å². The lowest BCUT2D eigenvalue weighted by atomic mass is 10.1.